The summed E-state index contributed by atoms with van der Waals surface area (Å²) in [7, 11) is -2.45. The first-order valence-electron chi connectivity index (χ1n) is 10.5. The molecule has 0 heterocycles. The lowest BCUT2D eigenvalue weighted by atomic mass is 10.2. The maximum absolute atomic E-state index is 11.7. The van der Waals surface area contributed by atoms with Crippen LogP contribution in [0.25, 0.3) is 0 Å². The summed E-state index contributed by atoms with van der Waals surface area (Å²) >= 11 is 0. The Hall–Kier alpha value is -2.23. The lowest BCUT2D eigenvalue weighted by molar-refractivity contribution is -0.114. The second kappa shape index (κ2) is 11.1. The monoisotopic (exact) mass is 406 g/mol. The molecule has 0 saturated heterocycles. The zero-order valence-corrected chi connectivity index (χ0v) is 19.1. The quantitative estimate of drug-likeness (QED) is 0.215. The maximum Gasteiger partial charge on any atom is 0.261 e. The standard InChI is InChI=1S/C26H34O2Si/c1-5-6-16-23(27)17-10-9-15-22-28-29(26(2,3)4,24-18-11-7-12-19-24)25-20-13-8-14-21-25/h5,7-8,10-14,17-21H,1,6,9,15-16,22H2,2-4H3/b17-10+. The zero-order valence-electron chi connectivity index (χ0n) is 18.1. The van der Waals surface area contributed by atoms with Gasteiger partial charge in [0.15, 0.2) is 5.78 Å². The van der Waals surface area contributed by atoms with E-state index in [1.54, 1.807) is 12.2 Å². The predicted octanol–water partition coefficient (Wildman–Crippen LogP) is 5.43. The van der Waals surface area contributed by atoms with Crippen molar-refractivity contribution in [3.63, 3.8) is 0 Å². The van der Waals surface area contributed by atoms with Crippen molar-refractivity contribution in [2.75, 3.05) is 6.61 Å². The smallest absolute Gasteiger partial charge is 0.261 e. The molecule has 0 spiro atoms. The van der Waals surface area contributed by atoms with Gasteiger partial charge in [0, 0.05) is 13.0 Å². The molecule has 0 aliphatic heterocycles. The molecule has 0 aromatic heterocycles. The lowest BCUT2D eigenvalue weighted by Crippen LogP contribution is -2.66. The zero-order chi connectivity index (χ0) is 21.2. The van der Waals surface area contributed by atoms with E-state index in [1.165, 1.54) is 10.4 Å². The molecule has 0 bridgehead atoms. The first-order valence-corrected chi connectivity index (χ1v) is 12.4. The Morgan fingerprint density at radius 1 is 0.966 bits per heavy atom. The number of rotatable bonds is 11. The average molecular weight is 407 g/mol. The molecule has 2 aromatic carbocycles. The van der Waals surface area contributed by atoms with E-state index < -0.39 is 8.32 Å². The van der Waals surface area contributed by atoms with Gasteiger partial charge in [-0.1, -0.05) is 93.6 Å². The largest absolute Gasteiger partial charge is 0.407 e. The van der Waals surface area contributed by atoms with Crippen LogP contribution in [0.5, 0.6) is 0 Å². The second-order valence-electron chi connectivity index (χ2n) is 8.35. The number of ketones is 1. The molecule has 29 heavy (non-hydrogen) atoms. The summed E-state index contributed by atoms with van der Waals surface area (Å²) in [5, 5.41) is 2.59. The Morgan fingerprint density at radius 3 is 2.00 bits per heavy atom. The Morgan fingerprint density at radius 2 is 1.52 bits per heavy atom. The van der Waals surface area contributed by atoms with E-state index in [0.29, 0.717) is 13.0 Å². The molecule has 2 nitrogen and oxygen atoms in total. The first-order chi connectivity index (χ1) is 13.9. The maximum atomic E-state index is 11.7. The van der Waals surface area contributed by atoms with Crippen LogP contribution < -0.4 is 10.4 Å². The third-order valence-electron chi connectivity index (χ3n) is 5.15. The molecule has 0 radical (unpaired) electrons. The summed E-state index contributed by atoms with van der Waals surface area (Å²) < 4.78 is 6.85. The van der Waals surface area contributed by atoms with E-state index in [2.05, 4.69) is 88.0 Å². The highest BCUT2D eigenvalue weighted by Gasteiger charge is 2.49. The van der Waals surface area contributed by atoms with Crippen molar-refractivity contribution in [2.24, 2.45) is 0 Å². The third kappa shape index (κ3) is 6.12. The Bertz CT molecular complexity index is 749. The third-order valence-corrected chi connectivity index (χ3v) is 10.2. The molecule has 0 atom stereocenters. The van der Waals surface area contributed by atoms with Crippen LogP contribution in [0.2, 0.25) is 5.04 Å². The SMILES string of the molecule is C=CCCC(=O)/C=C/CCCO[Si](c1ccccc1)(c1ccccc1)C(C)(C)C. The molecular weight excluding hydrogens is 372 g/mol. The highest BCUT2D eigenvalue weighted by Crippen LogP contribution is 2.36. The molecule has 0 aliphatic carbocycles. The normalized spacial score (nSPS) is 12.2. The van der Waals surface area contributed by atoms with Crippen LogP contribution in [0.15, 0.2) is 85.5 Å². The molecule has 2 aromatic rings. The minimum atomic E-state index is -2.45. The fraction of sp³-hybridized carbons (Fsp3) is 0.346. The van der Waals surface area contributed by atoms with Gasteiger partial charge >= 0.3 is 0 Å². The van der Waals surface area contributed by atoms with E-state index in [1.807, 2.05) is 6.08 Å². The summed E-state index contributed by atoms with van der Waals surface area (Å²) in [5.41, 5.74) is 0. The molecule has 0 aliphatic rings. The highest BCUT2D eigenvalue weighted by molar-refractivity contribution is 6.99. The minimum absolute atomic E-state index is 0.00774. The molecule has 0 fully saturated rings. The van der Waals surface area contributed by atoms with Crippen LogP contribution in [0.4, 0.5) is 0 Å². The van der Waals surface area contributed by atoms with Crippen molar-refractivity contribution < 1.29 is 9.22 Å². The number of carbonyl (C=O) groups excluding carboxylic acids is 1. The van der Waals surface area contributed by atoms with Crippen LogP contribution in [0, 0.1) is 0 Å². The Labute approximate surface area is 177 Å². The predicted molar refractivity (Wildman–Crippen MR) is 126 cm³/mol. The molecule has 0 amide bonds. The number of carbonyl (C=O) groups is 1. The topological polar surface area (TPSA) is 26.3 Å². The van der Waals surface area contributed by atoms with Gasteiger partial charge in [-0.2, -0.15) is 0 Å². The Kier molecular flexibility index (Phi) is 8.81. The Balaban J connectivity index is 2.16. The summed E-state index contributed by atoms with van der Waals surface area (Å²) in [6.45, 7) is 11.2. The van der Waals surface area contributed by atoms with E-state index >= 15 is 0 Å². The molecule has 0 unspecified atom stereocenters. The van der Waals surface area contributed by atoms with Crippen LogP contribution >= 0.6 is 0 Å². The molecule has 3 heteroatoms. The van der Waals surface area contributed by atoms with Crippen molar-refractivity contribution in [3.05, 3.63) is 85.5 Å². The van der Waals surface area contributed by atoms with E-state index in [9.17, 15) is 4.79 Å². The van der Waals surface area contributed by atoms with Crippen molar-refractivity contribution in [2.45, 2.75) is 51.5 Å². The van der Waals surface area contributed by atoms with E-state index in [4.69, 9.17) is 4.43 Å². The second-order valence-corrected chi connectivity index (χ2v) is 12.7. The highest BCUT2D eigenvalue weighted by atomic mass is 28.4. The van der Waals surface area contributed by atoms with Gasteiger partial charge in [0.2, 0.25) is 0 Å². The molecule has 2 rings (SSSR count). The van der Waals surface area contributed by atoms with Crippen LogP contribution in [-0.2, 0) is 9.22 Å². The number of unbranched alkanes of at least 4 members (excludes halogenated alkanes) is 1. The molecule has 0 N–H and O–H groups in total. The number of allylic oxidation sites excluding steroid dienone is 3. The van der Waals surface area contributed by atoms with Gasteiger partial charge in [-0.25, -0.2) is 0 Å². The van der Waals surface area contributed by atoms with E-state index in [0.717, 1.165) is 19.3 Å². The minimum Gasteiger partial charge on any atom is -0.407 e. The van der Waals surface area contributed by atoms with Gasteiger partial charge < -0.3 is 4.43 Å². The van der Waals surface area contributed by atoms with Gasteiger partial charge in [-0.05, 0) is 40.8 Å². The van der Waals surface area contributed by atoms with Gasteiger partial charge in [0.1, 0.15) is 0 Å². The van der Waals surface area contributed by atoms with Gasteiger partial charge in [-0.15, -0.1) is 6.58 Å². The van der Waals surface area contributed by atoms with Gasteiger partial charge in [0.05, 0.1) is 0 Å². The fourth-order valence-corrected chi connectivity index (χ4v) is 8.34. The van der Waals surface area contributed by atoms with Crippen LogP contribution in [0.1, 0.15) is 46.5 Å². The number of benzene rings is 2. The molecule has 0 saturated carbocycles. The number of hydrogen-bond acceptors (Lipinski definition) is 2. The van der Waals surface area contributed by atoms with Crippen LogP contribution in [0.3, 0.4) is 0 Å². The summed E-state index contributed by atoms with van der Waals surface area (Å²) in [5.74, 6) is 0.165. The average Bonchev–Trinajstić information content (AvgIpc) is 2.72. The number of hydrogen-bond donors (Lipinski definition) is 0. The first kappa shape index (κ1) is 23.0. The van der Waals surface area contributed by atoms with Crippen molar-refractivity contribution in [3.8, 4) is 0 Å². The van der Waals surface area contributed by atoms with Crippen LogP contribution in [-0.4, -0.2) is 20.7 Å². The summed E-state index contributed by atoms with van der Waals surface area (Å²) in [4.78, 5) is 11.7. The van der Waals surface area contributed by atoms with Crippen molar-refractivity contribution in [1.29, 1.82) is 0 Å². The molecule has 154 valence electrons. The van der Waals surface area contributed by atoms with Gasteiger partial charge in [0.25, 0.3) is 8.32 Å². The summed E-state index contributed by atoms with van der Waals surface area (Å²) in [6.07, 6.45) is 8.47. The fourth-order valence-electron chi connectivity index (χ4n) is 3.73. The van der Waals surface area contributed by atoms with Gasteiger partial charge in [-0.3, -0.25) is 4.79 Å². The van der Waals surface area contributed by atoms with E-state index in [-0.39, 0.29) is 10.8 Å². The molecular formula is C26H34O2Si. The summed E-state index contributed by atoms with van der Waals surface area (Å²) in [6, 6.07) is 21.4. The van der Waals surface area contributed by atoms with Crippen molar-refractivity contribution in [1.82, 2.24) is 0 Å². The lowest BCUT2D eigenvalue weighted by Gasteiger charge is -2.43. The van der Waals surface area contributed by atoms with Crippen molar-refractivity contribution >= 4 is 24.5 Å².